The van der Waals surface area contributed by atoms with Crippen LogP contribution >= 0.6 is 0 Å². The van der Waals surface area contributed by atoms with Gasteiger partial charge in [0.1, 0.15) is 0 Å². The first-order valence-corrected chi connectivity index (χ1v) is 3.32. The predicted molar refractivity (Wildman–Crippen MR) is 50.7 cm³/mol. The zero-order valence-corrected chi connectivity index (χ0v) is 5.91. The van der Waals surface area contributed by atoms with E-state index >= 15 is 0 Å². The maximum absolute atomic E-state index is 3.95. The summed E-state index contributed by atoms with van der Waals surface area (Å²) >= 11 is 0. The first-order valence-electron chi connectivity index (χ1n) is 3.32. The van der Waals surface area contributed by atoms with Gasteiger partial charge in [0.05, 0.1) is 6.33 Å². The Hall–Kier alpha value is -0.790. The van der Waals surface area contributed by atoms with Gasteiger partial charge in [0.25, 0.3) is 0 Å². The molecule has 0 aliphatic heterocycles. The van der Waals surface area contributed by atoms with Crippen LogP contribution in [0.5, 0.6) is 0 Å². The van der Waals surface area contributed by atoms with Crippen LogP contribution in [0.15, 0.2) is 18.7 Å². The summed E-state index contributed by atoms with van der Waals surface area (Å²) in [6.07, 6.45) is 6.82. The van der Waals surface area contributed by atoms with Crippen LogP contribution in [-0.4, -0.2) is 9.55 Å². The van der Waals surface area contributed by atoms with Gasteiger partial charge < -0.3 is 4.57 Å². The van der Waals surface area contributed by atoms with E-state index in [1.165, 1.54) is 0 Å². The molecule has 11 heavy (non-hydrogen) atoms. The van der Waals surface area contributed by atoms with Crippen molar-refractivity contribution in [3.8, 4) is 0 Å². The number of imidazole rings is 1. The molecule has 0 N–H and O–H groups in total. The average molecular weight is 156 g/mol. The van der Waals surface area contributed by atoms with E-state index in [0.29, 0.717) is 6.04 Å². The second kappa shape index (κ2) is 5.96. The highest BCUT2D eigenvalue weighted by Gasteiger charge is 1.96. The number of hydrogen-bond acceptors (Lipinski definition) is 1. The van der Waals surface area contributed by atoms with Crippen molar-refractivity contribution in [2.24, 2.45) is 0 Å². The average Bonchev–Trinajstić information content (AvgIpc) is 2.37. The van der Waals surface area contributed by atoms with E-state index in [2.05, 4.69) is 23.4 Å². The van der Waals surface area contributed by atoms with E-state index in [1.54, 1.807) is 0 Å². The summed E-state index contributed by atoms with van der Waals surface area (Å²) in [5, 5.41) is 0. The molecule has 0 aliphatic rings. The highest BCUT2D eigenvalue weighted by Crippen LogP contribution is 2.06. The van der Waals surface area contributed by atoms with Crippen LogP contribution in [-0.2, 0) is 0 Å². The third kappa shape index (κ3) is 3.21. The molecule has 0 aromatic carbocycles. The molecule has 0 saturated carbocycles. The Bertz CT molecular complexity index is 156. The summed E-state index contributed by atoms with van der Waals surface area (Å²) in [5.41, 5.74) is 0. The third-order valence-corrected chi connectivity index (χ3v) is 1.62. The Morgan fingerprint density at radius 1 is 1.45 bits per heavy atom. The molecule has 0 aliphatic carbocycles. The van der Waals surface area contributed by atoms with E-state index in [4.69, 9.17) is 0 Å². The quantitative estimate of drug-likeness (QED) is 0.643. The van der Waals surface area contributed by atoms with Crippen molar-refractivity contribution < 1.29 is 0 Å². The topological polar surface area (TPSA) is 17.8 Å². The fourth-order valence-electron chi connectivity index (χ4n) is 0.741. The fourth-order valence-corrected chi connectivity index (χ4v) is 0.741. The van der Waals surface area contributed by atoms with Gasteiger partial charge in [-0.3, -0.25) is 0 Å². The molecule has 0 saturated heterocycles. The molecule has 1 atom stereocenters. The standard InChI is InChI=1S/C7H12N2.2CH4/c1-3-7(2)9-5-4-8-6-9;;/h4-7H,3H2,1-2H3;2*1H4. The number of aromatic nitrogens is 2. The summed E-state index contributed by atoms with van der Waals surface area (Å²) in [4.78, 5) is 3.95. The first-order chi connectivity index (χ1) is 4.34. The molecule has 0 fully saturated rings. The molecule has 1 aromatic heterocycles. The van der Waals surface area contributed by atoms with E-state index in [-0.39, 0.29) is 14.9 Å². The minimum absolute atomic E-state index is 0. The van der Waals surface area contributed by atoms with Crippen molar-refractivity contribution in [3.63, 3.8) is 0 Å². The zero-order chi connectivity index (χ0) is 6.69. The summed E-state index contributed by atoms with van der Waals surface area (Å²) in [6, 6.07) is 0.590. The molecule has 0 amide bonds. The number of rotatable bonds is 2. The summed E-state index contributed by atoms with van der Waals surface area (Å²) < 4.78 is 2.11. The molecule has 2 heteroatoms. The Kier molecular flexibility index (Phi) is 6.96. The van der Waals surface area contributed by atoms with Crippen molar-refractivity contribution >= 4 is 0 Å². The highest BCUT2D eigenvalue weighted by molar-refractivity contribution is 4.77. The molecule has 1 unspecified atom stereocenters. The largest absolute Gasteiger partial charge is 0.335 e. The van der Waals surface area contributed by atoms with Crippen molar-refractivity contribution in [2.75, 3.05) is 0 Å². The zero-order valence-electron chi connectivity index (χ0n) is 5.91. The first kappa shape index (κ1) is 12.8. The molecular formula is C9H20N2. The van der Waals surface area contributed by atoms with Crippen molar-refractivity contribution in [1.82, 2.24) is 9.55 Å². The van der Waals surface area contributed by atoms with Crippen molar-refractivity contribution in [2.45, 2.75) is 41.2 Å². The van der Waals surface area contributed by atoms with Gasteiger partial charge in [0, 0.05) is 18.4 Å². The van der Waals surface area contributed by atoms with E-state index in [9.17, 15) is 0 Å². The van der Waals surface area contributed by atoms with Gasteiger partial charge in [-0.1, -0.05) is 21.8 Å². The summed E-state index contributed by atoms with van der Waals surface area (Å²) in [7, 11) is 0. The third-order valence-electron chi connectivity index (χ3n) is 1.62. The van der Waals surface area contributed by atoms with Crippen LogP contribution in [0.4, 0.5) is 0 Å². The second-order valence-electron chi connectivity index (χ2n) is 2.27. The van der Waals surface area contributed by atoms with Gasteiger partial charge in [0.2, 0.25) is 0 Å². The van der Waals surface area contributed by atoms with Crippen LogP contribution in [0.25, 0.3) is 0 Å². The monoisotopic (exact) mass is 156 g/mol. The molecule has 1 heterocycles. The molecular weight excluding hydrogens is 136 g/mol. The lowest BCUT2D eigenvalue weighted by atomic mass is 10.3. The van der Waals surface area contributed by atoms with Crippen molar-refractivity contribution in [3.05, 3.63) is 18.7 Å². The molecule has 66 valence electrons. The van der Waals surface area contributed by atoms with E-state index in [0.717, 1.165) is 6.42 Å². The van der Waals surface area contributed by atoms with Gasteiger partial charge in [-0.15, -0.1) is 0 Å². The van der Waals surface area contributed by atoms with Crippen LogP contribution in [0.3, 0.4) is 0 Å². The molecule has 0 radical (unpaired) electrons. The second-order valence-corrected chi connectivity index (χ2v) is 2.27. The fraction of sp³-hybridized carbons (Fsp3) is 0.667. The van der Waals surface area contributed by atoms with E-state index < -0.39 is 0 Å². The van der Waals surface area contributed by atoms with Gasteiger partial charge in [0.15, 0.2) is 0 Å². The van der Waals surface area contributed by atoms with Gasteiger partial charge >= 0.3 is 0 Å². The summed E-state index contributed by atoms with van der Waals surface area (Å²) in [5.74, 6) is 0. The molecule has 0 spiro atoms. The molecule has 1 rings (SSSR count). The van der Waals surface area contributed by atoms with Gasteiger partial charge in [-0.25, -0.2) is 4.98 Å². The SMILES string of the molecule is C.C.CCC(C)n1ccnc1. The van der Waals surface area contributed by atoms with E-state index in [1.807, 2.05) is 18.7 Å². The highest BCUT2D eigenvalue weighted by atomic mass is 15.0. The van der Waals surface area contributed by atoms with Crippen LogP contribution in [0.2, 0.25) is 0 Å². The van der Waals surface area contributed by atoms with Crippen molar-refractivity contribution in [1.29, 1.82) is 0 Å². The van der Waals surface area contributed by atoms with Crippen LogP contribution < -0.4 is 0 Å². The predicted octanol–water partition coefficient (Wildman–Crippen LogP) is 3.13. The Morgan fingerprint density at radius 2 is 2.09 bits per heavy atom. The smallest absolute Gasteiger partial charge is 0.0948 e. The lowest BCUT2D eigenvalue weighted by Crippen LogP contribution is -1.99. The lowest BCUT2D eigenvalue weighted by molar-refractivity contribution is 0.530. The minimum atomic E-state index is 0. The Balaban J connectivity index is 0. The maximum atomic E-state index is 3.95. The number of hydrogen-bond donors (Lipinski definition) is 0. The Morgan fingerprint density at radius 3 is 2.45 bits per heavy atom. The normalized spacial score (nSPS) is 11.1. The minimum Gasteiger partial charge on any atom is -0.335 e. The Labute approximate surface area is 70.3 Å². The molecule has 2 nitrogen and oxygen atoms in total. The van der Waals surface area contributed by atoms with Gasteiger partial charge in [-0.2, -0.15) is 0 Å². The van der Waals surface area contributed by atoms with Gasteiger partial charge in [-0.05, 0) is 13.3 Å². The number of nitrogens with zero attached hydrogens (tertiary/aromatic N) is 2. The lowest BCUT2D eigenvalue weighted by Gasteiger charge is -2.07. The maximum Gasteiger partial charge on any atom is 0.0948 e. The van der Waals surface area contributed by atoms with Crippen LogP contribution in [0.1, 0.15) is 41.2 Å². The van der Waals surface area contributed by atoms with Crippen LogP contribution in [0, 0.1) is 0 Å². The molecule has 1 aromatic rings. The summed E-state index contributed by atoms with van der Waals surface area (Å²) in [6.45, 7) is 4.35. The molecule has 0 bridgehead atoms.